The first-order valence-electron chi connectivity index (χ1n) is 10.4. The Labute approximate surface area is 202 Å². The van der Waals surface area contributed by atoms with Crippen LogP contribution in [-0.2, 0) is 10.9 Å². The zero-order chi connectivity index (χ0) is 24.3. The van der Waals surface area contributed by atoms with E-state index in [2.05, 4.69) is 20.3 Å². The van der Waals surface area contributed by atoms with Crippen LogP contribution in [-0.4, -0.2) is 40.7 Å². The molecule has 180 valence electrons. The van der Waals surface area contributed by atoms with Crippen LogP contribution >= 0.6 is 22.9 Å². The van der Waals surface area contributed by atoms with Crippen molar-refractivity contribution in [2.45, 2.75) is 25.6 Å². The summed E-state index contributed by atoms with van der Waals surface area (Å²) in [5.74, 6) is -0.911. The van der Waals surface area contributed by atoms with Crippen LogP contribution in [0, 0.1) is 5.92 Å². The second-order valence-electron chi connectivity index (χ2n) is 7.79. The summed E-state index contributed by atoms with van der Waals surface area (Å²) in [4.78, 5) is 24.0. The molecule has 0 aliphatic carbocycles. The lowest BCUT2D eigenvalue weighted by atomic mass is 10.1. The van der Waals surface area contributed by atoms with Gasteiger partial charge in [0, 0.05) is 41.6 Å². The number of amides is 1. The molecule has 12 heteroatoms. The number of alkyl halides is 3. The van der Waals surface area contributed by atoms with Crippen molar-refractivity contribution in [2.75, 3.05) is 19.8 Å². The van der Waals surface area contributed by atoms with E-state index < -0.39 is 23.9 Å². The molecule has 1 saturated heterocycles. The van der Waals surface area contributed by atoms with Gasteiger partial charge in [-0.2, -0.15) is 13.2 Å². The van der Waals surface area contributed by atoms with Gasteiger partial charge in [0.15, 0.2) is 0 Å². The Morgan fingerprint density at radius 1 is 1.26 bits per heavy atom. The Morgan fingerprint density at radius 3 is 2.65 bits per heavy atom. The molecule has 0 spiro atoms. The van der Waals surface area contributed by atoms with Gasteiger partial charge < -0.3 is 14.8 Å². The normalized spacial score (nSPS) is 16.9. The predicted molar refractivity (Wildman–Crippen MR) is 120 cm³/mol. The third kappa shape index (κ3) is 6.02. The van der Waals surface area contributed by atoms with E-state index in [-0.39, 0.29) is 5.92 Å². The summed E-state index contributed by atoms with van der Waals surface area (Å²) in [6.45, 7) is 3.40. The maximum atomic E-state index is 13.0. The van der Waals surface area contributed by atoms with E-state index in [4.69, 9.17) is 21.1 Å². The van der Waals surface area contributed by atoms with Crippen molar-refractivity contribution < 1.29 is 27.4 Å². The minimum atomic E-state index is -4.63. The first-order valence-corrected chi connectivity index (χ1v) is 11.6. The highest BCUT2D eigenvalue weighted by molar-refractivity contribution is 7.18. The van der Waals surface area contributed by atoms with E-state index in [0.717, 1.165) is 18.8 Å². The molecule has 1 fully saturated rings. The topological polar surface area (TPSA) is 86.2 Å². The lowest BCUT2D eigenvalue weighted by molar-refractivity contribution is -0.145. The van der Waals surface area contributed by atoms with Crippen LogP contribution in [0.1, 0.15) is 41.1 Å². The highest BCUT2D eigenvalue weighted by Crippen LogP contribution is 2.32. The molecule has 3 aromatic rings. The van der Waals surface area contributed by atoms with Gasteiger partial charge >= 0.3 is 6.18 Å². The Balaban J connectivity index is 1.53. The fourth-order valence-electron chi connectivity index (χ4n) is 3.33. The Morgan fingerprint density at radius 2 is 2.03 bits per heavy atom. The van der Waals surface area contributed by atoms with Crippen molar-refractivity contribution in [1.29, 1.82) is 0 Å². The molecule has 1 aliphatic rings. The third-order valence-electron chi connectivity index (χ3n) is 5.18. The number of benzene rings is 1. The van der Waals surface area contributed by atoms with E-state index in [1.165, 1.54) is 17.5 Å². The van der Waals surface area contributed by atoms with Gasteiger partial charge in [-0.25, -0.2) is 15.0 Å². The van der Waals surface area contributed by atoms with Gasteiger partial charge in [-0.1, -0.05) is 11.6 Å². The molecule has 34 heavy (non-hydrogen) atoms. The summed E-state index contributed by atoms with van der Waals surface area (Å²) in [5.41, 5.74) is 1.30. The first kappa shape index (κ1) is 24.4. The maximum absolute atomic E-state index is 13.0. The van der Waals surface area contributed by atoms with Gasteiger partial charge in [0.05, 0.1) is 25.5 Å². The van der Waals surface area contributed by atoms with Gasteiger partial charge in [0.2, 0.25) is 5.82 Å². The van der Waals surface area contributed by atoms with Crippen LogP contribution in [0.15, 0.2) is 36.8 Å². The Hall–Kier alpha value is -2.76. The number of nitrogens with one attached hydrogen (secondary N) is 1. The number of halogens is 4. The minimum Gasteiger partial charge on any atom is -0.493 e. The fraction of sp³-hybridized carbons (Fsp3) is 0.364. The molecule has 0 saturated carbocycles. The van der Waals surface area contributed by atoms with Gasteiger partial charge in [-0.3, -0.25) is 4.79 Å². The van der Waals surface area contributed by atoms with E-state index in [1.54, 1.807) is 25.1 Å². The molecular weight excluding hydrogens is 493 g/mol. The van der Waals surface area contributed by atoms with Crippen LogP contribution in [0.2, 0.25) is 4.34 Å². The summed E-state index contributed by atoms with van der Waals surface area (Å²) in [5, 5.41) is 3.38. The average molecular weight is 513 g/mol. The fourth-order valence-corrected chi connectivity index (χ4v) is 4.22. The number of aromatic nitrogens is 3. The lowest BCUT2D eigenvalue weighted by Crippen LogP contribution is -2.27. The number of nitrogens with zero attached hydrogens (tertiary/aromatic N) is 3. The van der Waals surface area contributed by atoms with Crippen molar-refractivity contribution in [3.63, 3.8) is 0 Å². The zero-order valence-corrected chi connectivity index (χ0v) is 19.5. The zero-order valence-electron chi connectivity index (χ0n) is 17.9. The van der Waals surface area contributed by atoms with Crippen molar-refractivity contribution in [1.82, 2.24) is 20.3 Å². The van der Waals surface area contributed by atoms with Crippen molar-refractivity contribution >= 4 is 28.8 Å². The highest BCUT2D eigenvalue weighted by Gasteiger charge is 2.34. The summed E-state index contributed by atoms with van der Waals surface area (Å²) >= 11 is 7.29. The number of carbonyl (C=O) groups is 1. The van der Waals surface area contributed by atoms with Crippen LogP contribution in [0.4, 0.5) is 13.2 Å². The molecule has 0 bridgehead atoms. The lowest BCUT2D eigenvalue weighted by Gasteiger charge is -2.16. The predicted octanol–water partition coefficient (Wildman–Crippen LogP) is 5.18. The number of ether oxygens (including phenoxy) is 2. The van der Waals surface area contributed by atoms with Crippen LogP contribution < -0.4 is 10.1 Å². The molecule has 1 aromatic carbocycles. The molecule has 0 radical (unpaired) electrons. The number of rotatable bonds is 7. The van der Waals surface area contributed by atoms with E-state index in [0.29, 0.717) is 51.6 Å². The van der Waals surface area contributed by atoms with Crippen molar-refractivity contribution in [3.8, 4) is 16.3 Å². The second-order valence-corrected chi connectivity index (χ2v) is 9.45. The summed E-state index contributed by atoms with van der Waals surface area (Å²) in [7, 11) is 0. The number of hydrogen-bond acceptors (Lipinski definition) is 7. The molecule has 2 atom stereocenters. The molecule has 1 unspecified atom stereocenters. The minimum absolute atomic E-state index is 0.273. The van der Waals surface area contributed by atoms with E-state index >= 15 is 0 Å². The maximum Gasteiger partial charge on any atom is 0.451 e. The molecule has 1 amide bonds. The van der Waals surface area contributed by atoms with Gasteiger partial charge in [-0.05, 0) is 31.5 Å². The van der Waals surface area contributed by atoms with Gasteiger partial charge in [-0.15, -0.1) is 11.3 Å². The van der Waals surface area contributed by atoms with Crippen molar-refractivity contribution in [3.05, 3.63) is 58.1 Å². The van der Waals surface area contributed by atoms with Gasteiger partial charge in [0.1, 0.15) is 15.1 Å². The van der Waals surface area contributed by atoms with Crippen LogP contribution in [0.25, 0.3) is 10.6 Å². The van der Waals surface area contributed by atoms with Gasteiger partial charge in [0.25, 0.3) is 5.91 Å². The van der Waals surface area contributed by atoms with Crippen LogP contribution in [0.3, 0.4) is 0 Å². The standard InChI is InChI=1S/C22H20ClF3N4O3S/c1-12(16-7-28-21(29-8-16)22(24,25)26)30-19(31)14-4-15(20-27-9-18(23)34-20)6-17(5-14)33-11-13-2-3-32-10-13/h4-9,12-13H,2-3,10-11H2,1H3,(H,30,31)/t12-,13?/m1/s1. The molecular formula is C22H20ClF3N4O3S. The third-order valence-corrected chi connectivity index (χ3v) is 6.34. The Bertz CT molecular complexity index is 1150. The SMILES string of the molecule is C[C@@H](NC(=O)c1cc(OCC2CCOC2)cc(-c2ncc(Cl)s2)c1)c1cnc(C(F)(F)F)nc1. The summed E-state index contributed by atoms with van der Waals surface area (Å²) in [6, 6.07) is 4.42. The number of thiazole rings is 1. The highest BCUT2D eigenvalue weighted by atomic mass is 35.5. The van der Waals surface area contributed by atoms with E-state index in [1.807, 2.05) is 0 Å². The average Bonchev–Trinajstić information content (AvgIpc) is 3.49. The van der Waals surface area contributed by atoms with Crippen LogP contribution in [0.5, 0.6) is 5.75 Å². The first-order chi connectivity index (χ1) is 16.2. The summed E-state index contributed by atoms with van der Waals surface area (Å²) < 4.78 is 49.9. The molecule has 2 aromatic heterocycles. The number of hydrogen-bond donors (Lipinski definition) is 1. The quantitative estimate of drug-likeness (QED) is 0.469. The molecule has 3 heterocycles. The summed E-state index contributed by atoms with van der Waals surface area (Å²) in [6.07, 6.45) is -0.107. The molecule has 1 N–H and O–H groups in total. The molecule has 1 aliphatic heterocycles. The van der Waals surface area contributed by atoms with E-state index in [9.17, 15) is 18.0 Å². The second kappa shape index (κ2) is 10.2. The molecule has 4 rings (SSSR count). The number of carbonyl (C=O) groups excluding carboxylic acids is 1. The van der Waals surface area contributed by atoms with Crippen molar-refractivity contribution in [2.24, 2.45) is 5.92 Å². The largest absolute Gasteiger partial charge is 0.493 e. The Kier molecular flexibility index (Phi) is 7.34. The molecule has 7 nitrogen and oxygen atoms in total. The monoisotopic (exact) mass is 512 g/mol. The smallest absolute Gasteiger partial charge is 0.451 e.